The third-order valence-corrected chi connectivity index (χ3v) is 4.70. The molecule has 0 aliphatic heterocycles. The van der Waals surface area contributed by atoms with Gasteiger partial charge in [0.05, 0.1) is 28.8 Å². The summed E-state index contributed by atoms with van der Waals surface area (Å²) in [7, 11) is 0. The summed E-state index contributed by atoms with van der Waals surface area (Å²) in [6, 6.07) is 3.69. The molecule has 2 N–H and O–H groups in total. The fourth-order valence-electron chi connectivity index (χ4n) is 2.60. The lowest BCUT2D eigenvalue weighted by Crippen LogP contribution is -2.16. The van der Waals surface area contributed by atoms with Gasteiger partial charge in [0, 0.05) is 15.3 Å². The maximum absolute atomic E-state index is 12.5. The van der Waals surface area contributed by atoms with Gasteiger partial charge in [-0.05, 0) is 32.9 Å². The first kappa shape index (κ1) is 17.1. The van der Waals surface area contributed by atoms with Crippen molar-refractivity contribution in [1.29, 1.82) is 0 Å². The van der Waals surface area contributed by atoms with Gasteiger partial charge >= 0.3 is 5.97 Å². The van der Waals surface area contributed by atoms with Crippen LogP contribution >= 0.6 is 11.3 Å². The van der Waals surface area contributed by atoms with Crippen LogP contribution in [0.3, 0.4) is 0 Å². The largest absolute Gasteiger partial charge is 0.462 e. The van der Waals surface area contributed by atoms with E-state index in [0.717, 1.165) is 15.3 Å². The summed E-state index contributed by atoms with van der Waals surface area (Å²) in [5.74, 6) is -1.09. The Morgan fingerprint density at radius 1 is 1.28 bits per heavy atom. The lowest BCUT2D eigenvalue weighted by Gasteiger charge is -2.07. The summed E-state index contributed by atoms with van der Waals surface area (Å²) < 4.78 is 10.4. The van der Waals surface area contributed by atoms with Crippen LogP contribution < -0.4 is 5.73 Å². The van der Waals surface area contributed by atoms with Gasteiger partial charge in [-0.3, -0.25) is 4.79 Å². The molecule has 0 bridgehead atoms. The third-order valence-electron chi connectivity index (χ3n) is 3.74. The predicted octanol–water partition coefficient (Wildman–Crippen LogP) is 2.91. The molecule has 0 aliphatic rings. The van der Waals surface area contributed by atoms with Gasteiger partial charge in [0.25, 0.3) is 5.71 Å². The fourth-order valence-corrected chi connectivity index (χ4v) is 3.53. The van der Waals surface area contributed by atoms with Crippen molar-refractivity contribution < 1.29 is 18.8 Å². The number of fused-ring (bicyclic) bond motifs is 1. The van der Waals surface area contributed by atoms with E-state index in [9.17, 15) is 9.59 Å². The van der Waals surface area contributed by atoms with Crippen LogP contribution in [0.25, 0.3) is 22.4 Å². The molecule has 130 valence electrons. The molecule has 0 unspecified atom stereocenters. The van der Waals surface area contributed by atoms with Gasteiger partial charge < -0.3 is 15.0 Å². The molecule has 3 aromatic rings. The molecule has 0 saturated heterocycles. The molecule has 0 aromatic carbocycles. The average Bonchev–Trinajstić information content (AvgIpc) is 3.08. The molecular formula is C17H17N3O4S. The second kappa shape index (κ2) is 6.64. The predicted molar refractivity (Wildman–Crippen MR) is 93.4 cm³/mol. The highest BCUT2D eigenvalue weighted by Crippen LogP contribution is 2.33. The van der Waals surface area contributed by atoms with Gasteiger partial charge in [-0.2, -0.15) is 0 Å². The van der Waals surface area contributed by atoms with E-state index in [1.54, 1.807) is 24.3 Å². The standard InChI is InChI=1S/C17H17N3O4S/c1-8-6-11(10(3)25-8)13-7-12(17(22)23-5-4-14(18)21)15-9(2)20-24-16(15)19-13/h6-7H,4-5H2,1-3H3,(H2,18,21). The highest BCUT2D eigenvalue weighted by Gasteiger charge is 2.21. The Bertz CT molecular complexity index is 974. The zero-order valence-corrected chi connectivity index (χ0v) is 14.9. The second-order valence-electron chi connectivity index (χ2n) is 5.68. The number of ether oxygens (including phenoxy) is 1. The third kappa shape index (κ3) is 3.39. The molecule has 0 radical (unpaired) electrons. The molecular weight excluding hydrogens is 342 g/mol. The molecule has 8 heteroatoms. The van der Waals surface area contributed by atoms with E-state index in [1.807, 2.05) is 19.9 Å². The Morgan fingerprint density at radius 3 is 2.68 bits per heavy atom. The van der Waals surface area contributed by atoms with E-state index in [-0.39, 0.29) is 18.7 Å². The quantitative estimate of drug-likeness (QED) is 0.702. The van der Waals surface area contributed by atoms with Crippen LogP contribution in [-0.4, -0.2) is 28.6 Å². The minimum absolute atomic E-state index is 0.0295. The van der Waals surface area contributed by atoms with Crippen LogP contribution in [0, 0.1) is 20.8 Å². The Hall–Kier alpha value is -2.74. The minimum atomic E-state index is -0.564. The van der Waals surface area contributed by atoms with Crippen LogP contribution in [0.5, 0.6) is 0 Å². The Morgan fingerprint density at radius 2 is 2.04 bits per heavy atom. The van der Waals surface area contributed by atoms with Gasteiger partial charge in [0.2, 0.25) is 5.91 Å². The summed E-state index contributed by atoms with van der Waals surface area (Å²) in [6.07, 6.45) is -0.0295. The number of aromatic nitrogens is 2. The summed E-state index contributed by atoms with van der Waals surface area (Å²) in [5, 5.41) is 4.40. The normalized spacial score (nSPS) is 11.0. The number of amides is 1. The van der Waals surface area contributed by atoms with Gasteiger partial charge in [0.1, 0.15) is 6.61 Å². The van der Waals surface area contributed by atoms with Crippen molar-refractivity contribution in [3.63, 3.8) is 0 Å². The van der Waals surface area contributed by atoms with E-state index in [2.05, 4.69) is 10.1 Å². The number of esters is 1. The molecule has 3 aromatic heterocycles. The van der Waals surface area contributed by atoms with Crippen molar-refractivity contribution in [2.24, 2.45) is 5.73 Å². The maximum Gasteiger partial charge on any atom is 0.339 e. The Kier molecular flexibility index (Phi) is 4.54. The maximum atomic E-state index is 12.5. The first-order valence-corrected chi connectivity index (χ1v) is 8.48. The van der Waals surface area contributed by atoms with E-state index >= 15 is 0 Å². The van der Waals surface area contributed by atoms with Gasteiger partial charge in [-0.15, -0.1) is 11.3 Å². The number of hydrogen-bond acceptors (Lipinski definition) is 7. The molecule has 0 spiro atoms. The topological polar surface area (TPSA) is 108 Å². The highest BCUT2D eigenvalue weighted by molar-refractivity contribution is 7.12. The number of nitrogens with two attached hydrogens (primary N) is 1. The molecule has 25 heavy (non-hydrogen) atoms. The van der Waals surface area contributed by atoms with Gasteiger partial charge in [-0.25, -0.2) is 9.78 Å². The number of nitrogens with zero attached hydrogens (tertiary/aromatic N) is 2. The summed E-state index contributed by atoms with van der Waals surface area (Å²) in [6.45, 7) is 5.66. The number of rotatable bonds is 5. The van der Waals surface area contributed by atoms with Crippen molar-refractivity contribution in [3.8, 4) is 11.3 Å². The van der Waals surface area contributed by atoms with Crippen molar-refractivity contribution in [2.75, 3.05) is 6.61 Å². The Labute approximate surface area is 147 Å². The van der Waals surface area contributed by atoms with E-state index < -0.39 is 11.9 Å². The monoisotopic (exact) mass is 359 g/mol. The lowest BCUT2D eigenvalue weighted by atomic mass is 10.1. The van der Waals surface area contributed by atoms with Gasteiger partial charge in [0.15, 0.2) is 0 Å². The van der Waals surface area contributed by atoms with Crippen LogP contribution in [0.4, 0.5) is 0 Å². The number of pyridine rings is 1. The first-order valence-electron chi connectivity index (χ1n) is 7.66. The zero-order valence-electron chi connectivity index (χ0n) is 14.1. The smallest absolute Gasteiger partial charge is 0.339 e. The zero-order chi connectivity index (χ0) is 18.1. The number of thiophene rings is 1. The molecule has 0 atom stereocenters. The number of aryl methyl sites for hydroxylation is 3. The fraction of sp³-hybridized carbons (Fsp3) is 0.294. The van der Waals surface area contributed by atoms with E-state index in [0.29, 0.717) is 22.3 Å². The van der Waals surface area contributed by atoms with Crippen LogP contribution in [-0.2, 0) is 9.53 Å². The van der Waals surface area contributed by atoms with Crippen molar-refractivity contribution >= 4 is 34.3 Å². The first-order chi connectivity index (χ1) is 11.9. The van der Waals surface area contributed by atoms with E-state index in [4.69, 9.17) is 15.0 Å². The van der Waals surface area contributed by atoms with E-state index in [1.165, 1.54) is 0 Å². The molecule has 3 heterocycles. The number of hydrogen-bond donors (Lipinski definition) is 1. The summed E-state index contributed by atoms with van der Waals surface area (Å²) in [5.41, 5.74) is 7.76. The second-order valence-corrected chi connectivity index (χ2v) is 7.14. The molecule has 1 amide bonds. The summed E-state index contributed by atoms with van der Waals surface area (Å²) >= 11 is 1.65. The number of primary amides is 1. The summed E-state index contributed by atoms with van der Waals surface area (Å²) in [4.78, 5) is 30.0. The number of carbonyl (C=O) groups is 2. The van der Waals surface area contributed by atoms with Gasteiger partial charge in [-0.1, -0.05) is 5.16 Å². The highest BCUT2D eigenvalue weighted by atomic mass is 32.1. The van der Waals surface area contributed by atoms with Crippen molar-refractivity contribution in [1.82, 2.24) is 10.1 Å². The molecule has 3 rings (SSSR count). The molecule has 0 aliphatic carbocycles. The average molecular weight is 359 g/mol. The van der Waals surface area contributed by atoms with Crippen LogP contribution in [0.1, 0.15) is 32.2 Å². The minimum Gasteiger partial charge on any atom is -0.462 e. The molecule has 0 fully saturated rings. The van der Waals surface area contributed by atoms with Crippen LogP contribution in [0.15, 0.2) is 16.7 Å². The molecule has 0 saturated carbocycles. The van der Waals surface area contributed by atoms with Crippen LogP contribution in [0.2, 0.25) is 0 Å². The Balaban J connectivity index is 2.06. The lowest BCUT2D eigenvalue weighted by molar-refractivity contribution is -0.118. The molecule has 7 nitrogen and oxygen atoms in total. The van der Waals surface area contributed by atoms with Crippen molar-refractivity contribution in [3.05, 3.63) is 33.1 Å². The SMILES string of the molecule is Cc1cc(-c2cc(C(=O)OCCC(N)=O)c3c(C)noc3n2)c(C)s1. The number of carbonyl (C=O) groups excluding carboxylic acids is 2. The van der Waals surface area contributed by atoms with Crippen molar-refractivity contribution in [2.45, 2.75) is 27.2 Å².